The van der Waals surface area contributed by atoms with E-state index in [2.05, 4.69) is 31.6 Å². The van der Waals surface area contributed by atoms with E-state index in [4.69, 9.17) is 0 Å². The van der Waals surface area contributed by atoms with Crippen LogP contribution in [0.1, 0.15) is 47.3 Å². The number of imidazole rings is 1. The van der Waals surface area contributed by atoms with Crippen molar-refractivity contribution in [2.24, 2.45) is 0 Å². The minimum atomic E-state index is 0.0938. The molecule has 0 spiro atoms. The fourth-order valence-corrected chi connectivity index (χ4v) is 3.96. The molecule has 2 aliphatic rings. The normalized spacial score (nSPS) is 18.4. The van der Waals surface area contributed by atoms with Gasteiger partial charge in [-0.3, -0.25) is 14.8 Å². The molecule has 1 aliphatic heterocycles. The van der Waals surface area contributed by atoms with Crippen molar-refractivity contribution in [3.8, 4) is 0 Å². The van der Waals surface area contributed by atoms with Crippen molar-refractivity contribution in [2.45, 2.75) is 45.7 Å². The number of aryl methyl sites for hydroxylation is 2. The summed E-state index contributed by atoms with van der Waals surface area (Å²) in [4.78, 5) is 21.8. The van der Waals surface area contributed by atoms with Crippen molar-refractivity contribution in [2.75, 3.05) is 26.2 Å². The molecule has 1 fully saturated rings. The number of fused-ring (bicyclic) bond motifs is 1. The summed E-state index contributed by atoms with van der Waals surface area (Å²) < 4.78 is 2.18. The summed E-state index contributed by atoms with van der Waals surface area (Å²) in [7, 11) is 0. The predicted molar refractivity (Wildman–Crippen MR) is 94.3 cm³/mol. The van der Waals surface area contributed by atoms with Gasteiger partial charge in [0.1, 0.15) is 5.82 Å². The quantitative estimate of drug-likeness (QED) is 0.913. The molecule has 0 radical (unpaired) electrons. The van der Waals surface area contributed by atoms with Crippen LogP contribution in [-0.2, 0) is 25.9 Å². The third-order valence-electron chi connectivity index (χ3n) is 5.39. The smallest absolute Gasteiger partial charge is 0.274 e. The summed E-state index contributed by atoms with van der Waals surface area (Å²) in [6.07, 6.45) is 8.01. The SMILES string of the molecule is CCn1ccnc1CN1CCCN(C(=O)c2n[nH]c3c2CCC3)CC1. The average Bonchev–Trinajstić information content (AvgIpc) is 3.29. The summed E-state index contributed by atoms with van der Waals surface area (Å²) >= 11 is 0. The maximum atomic E-state index is 12.9. The monoisotopic (exact) mass is 342 g/mol. The highest BCUT2D eigenvalue weighted by Gasteiger charge is 2.28. The second kappa shape index (κ2) is 7.00. The van der Waals surface area contributed by atoms with Gasteiger partial charge in [-0.05, 0) is 32.6 Å². The van der Waals surface area contributed by atoms with Gasteiger partial charge in [0.15, 0.2) is 5.69 Å². The van der Waals surface area contributed by atoms with Gasteiger partial charge in [-0.1, -0.05) is 0 Å². The molecular weight excluding hydrogens is 316 g/mol. The van der Waals surface area contributed by atoms with Crippen molar-refractivity contribution in [1.29, 1.82) is 0 Å². The lowest BCUT2D eigenvalue weighted by Gasteiger charge is -2.21. The zero-order valence-electron chi connectivity index (χ0n) is 14.9. The van der Waals surface area contributed by atoms with Gasteiger partial charge in [-0.25, -0.2) is 4.98 Å². The molecule has 134 valence electrons. The Balaban J connectivity index is 1.40. The first-order chi connectivity index (χ1) is 12.3. The number of amides is 1. The van der Waals surface area contributed by atoms with Crippen LogP contribution < -0.4 is 0 Å². The van der Waals surface area contributed by atoms with Crippen molar-refractivity contribution in [1.82, 2.24) is 29.5 Å². The lowest BCUT2D eigenvalue weighted by atomic mass is 10.2. The van der Waals surface area contributed by atoms with E-state index >= 15 is 0 Å². The van der Waals surface area contributed by atoms with Crippen LogP contribution in [0.3, 0.4) is 0 Å². The van der Waals surface area contributed by atoms with Gasteiger partial charge in [-0.2, -0.15) is 5.10 Å². The molecule has 7 heteroatoms. The third kappa shape index (κ3) is 3.20. The summed E-state index contributed by atoms with van der Waals surface area (Å²) in [6, 6.07) is 0. The second-order valence-electron chi connectivity index (χ2n) is 6.93. The minimum Gasteiger partial charge on any atom is -0.336 e. The number of nitrogens with zero attached hydrogens (tertiary/aromatic N) is 5. The molecule has 0 bridgehead atoms. The van der Waals surface area contributed by atoms with Gasteiger partial charge < -0.3 is 9.47 Å². The van der Waals surface area contributed by atoms with Crippen LogP contribution in [0.15, 0.2) is 12.4 Å². The molecule has 7 nitrogen and oxygen atoms in total. The van der Waals surface area contributed by atoms with Crippen LogP contribution in [0, 0.1) is 0 Å². The van der Waals surface area contributed by atoms with Crippen LogP contribution in [0.2, 0.25) is 0 Å². The van der Waals surface area contributed by atoms with Crippen molar-refractivity contribution >= 4 is 5.91 Å². The minimum absolute atomic E-state index is 0.0938. The number of nitrogens with one attached hydrogen (secondary N) is 1. The molecule has 0 atom stereocenters. The van der Waals surface area contributed by atoms with Crippen molar-refractivity contribution < 1.29 is 4.79 Å². The highest BCUT2D eigenvalue weighted by atomic mass is 16.2. The zero-order valence-corrected chi connectivity index (χ0v) is 14.9. The summed E-state index contributed by atoms with van der Waals surface area (Å²) in [5.41, 5.74) is 2.96. The number of carbonyl (C=O) groups excluding carboxylic acids is 1. The van der Waals surface area contributed by atoms with E-state index in [-0.39, 0.29) is 5.91 Å². The Morgan fingerprint density at radius 1 is 1.20 bits per heavy atom. The van der Waals surface area contributed by atoms with Crippen LogP contribution >= 0.6 is 0 Å². The Labute approximate surface area is 148 Å². The first-order valence-electron chi connectivity index (χ1n) is 9.34. The summed E-state index contributed by atoms with van der Waals surface area (Å²) in [5.74, 6) is 1.20. The van der Waals surface area contributed by atoms with Crippen molar-refractivity contribution in [3.05, 3.63) is 35.2 Å². The molecule has 0 unspecified atom stereocenters. The lowest BCUT2D eigenvalue weighted by Crippen LogP contribution is -2.36. The Kier molecular flexibility index (Phi) is 4.57. The summed E-state index contributed by atoms with van der Waals surface area (Å²) in [5, 5.41) is 7.36. The lowest BCUT2D eigenvalue weighted by molar-refractivity contribution is 0.0754. The van der Waals surface area contributed by atoms with Crippen LogP contribution in [0.4, 0.5) is 0 Å². The standard InChI is InChI=1S/C18H26N6O/c1-2-23-10-7-19-16(23)13-22-8-4-9-24(12-11-22)18(25)17-14-5-3-6-15(14)20-21-17/h7,10H,2-6,8-9,11-13H2,1H3,(H,20,21). The van der Waals surface area contributed by atoms with Crippen LogP contribution in [0.5, 0.6) is 0 Å². The maximum Gasteiger partial charge on any atom is 0.274 e. The summed E-state index contributed by atoms with van der Waals surface area (Å²) in [6.45, 7) is 7.37. The molecular formula is C18H26N6O. The topological polar surface area (TPSA) is 70.1 Å². The van der Waals surface area contributed by atoms with Gasteiger partial charge >= 0.3 is 0 Å². The molecule has 0 aromatic carbocycles. The predicted octanol–water partition coefficient (Wildman–Crippen LogP) is 1.46. The van der Waals surface area contributed by atoms with Crippen LogP contribution in [0.25, 0.3) is 0 Å². The largest absolute Gasteiger partial charge is 0.336 e. The molecule has 25 heavy (non-hydrogen) atoms. The first kappa shape index (κ1) is 16.3. The molecule has 4 rings (SSSR count). The Bertz CT molecular complexity index is 749. The van der Waals surface area contributed by atoms with Gasteiger partial charge in [-0.15, -0.1) is 0 Å². The van der Waals surface area contributed by atoms with Crippen LogP contribution in [-0.4, -0.2) is 61.6 Å². The van der Waals surface area contributed by atoms with Gasteiger partial charge in [0.05, 0.1) is 6.54 Å². The fraction of sp³-hybridized carbons (Fsp3) is 0.611. The van der Waals surface area contributed by atoms with Gasteiger partial charge in [0.25, 0.3) is 5.91 Å². The molecule has 1 N–H and O–H groups in total. The molecule has 1 aliphatic carbocycles. The number of rotatable bonds is 4. The zero-order chi connectivity index (χ0) is 17.2. The molecule has 0 saturated carbocycles. The van der Waals surface area contributed by atoms with E-state index in [1.807, 2.05) is 17.3 Å². The Hall–Kier alpha value is -2.15. The van der Waals surface area contributed by atoms with E-state index < -0.39 is 0 Å². The second-order valence-corrected chi connectivity index (χ2v) is 6.93. The number of carbonyl (C=O) groups is 1. The van der Waals surface area contributed by atoms with E-state index in [0.29, 0.717) is 5.69 Å². The molecule has 2 aromatic rings. The van der Waals surface area contributed by atoms with Crippen molar-refractivity contribution in [3.63, 3.8) is 0 Å². The van der Waals surface area contributed by atoms with Gasteiger partial charge in [0.2, 0.25) is 0 Å². The number of hydrogen-bond donors (Lipinski definition) is 1. The average molecular weight is 342 g/mol. The fourth-order valence-electron chi connectivity index (χ4n) is 3.96. The third-order valence-corrected chi connectivity index (χ3v) is 5.39. The molecule has 1 saturated heterocycles. The number of hydrogen-bond acceptors (Lipinski definition) is 4. The van der Waals surface area contributed by atoms with E-state index in [9.17, 15) is 4.79 Å². The number of aromatic amines is 1. The maximum absolute atomic E-state index is 12.9. The highest BCUT2D eigenvalue weighted by molar-refractivity contribution is 5.94. The molecule has 1 amide bonds. The van der Waals surface area contributed by atoms with E-state index in [0.717, 1.165) is 82.0 Å². The Morgan fingerprint density at radius 3 is 3.00 bits per heavy atom. The van der Waals surface area contributed by atoms with Gasteiger partial charge in [0, 0.05) is 56.4 Å². The molecule has 3 heterocycles. The van der Waals surface area contributed by atoms with E-state index in [1.165, 1.54) is 0 Å². The Morgan fingerprint density at radius 2 is 2.12 bits per heavy atom. The number of aromatic nitrogens is 4. The number of H-pyrrole nitrogens is 1. The molecule has 2 aromatic heterocycles. The highest BCUT2D eigenvalue weighted by Crippen LogP contribution is 2.24. The van der Waals surface area contributed by atoms with E-state index in [1.54, 1.807) is 0 Å². The first-order valence-corrected chi connectivity index (χ1v) is 9.34.